The minimum absolute atomic E-state index is 0.677. The summed E-state index contributed by atoms with van der Waals surface area (Å²) in [6.07, 6.45) is 5.05. The van der Waals surface area contributed by atoms with Gasteiger partial charge in [-0.1, -0.05) is 12.1 Å². The Kier molecular flexibility index (Phi) is 3.31. The first kappa shape index (κ1) is 11.1. The van der Waals surface area contributed by atoms with Crippen molar-refractivity contribution < 1.29 is 0 Å². The highest BCUT2D eigenvalue weighted by atomic mass is 15.2. The Hall–Kier alpha value is -2.41. The van der Waals surface area contributed by atoms with Gasteiger partial charge in [0.15, 0.2) is 0 Å². The minimum Gasteiger partial charge on any atom is -0.354 e. The average Bonchev–Trinajstić information content (AvgIpc) is 2.40. The summed E-state index contributed by atoms with van der Waals surface area (Å²) in [5.41, 5.74) is 1.81. The van der Waals surface area contributed by atoms with E-state index in [2.05, 4.69) is 16.0 Å². The molecule has 0 saturated heterocycles. The van der Waals surface area contributed by atoms with Crippen LogP contribution in [0.15, 0.2) is 42.9 Å². The second-order valence-corrected chi connectivity index (χ2v) is 3.73. The van der Waals surface area contributed by atoms with E-state index in [0.717, 1.165) is 17.9 Å². The zero-order chi connectivity index (χ0) is 12.1. The molecule has 0 spiro atoms. The van der Waals surface area contributed by atoms with E-state index in [9.17, 15) is 0 Å². The second kappa shape index (κ2) is 5.08. The minimum atomic E-state index is 0.677. The maximum atomic E-state index is 8.71. The van der Waals surface area contributed by atoms with Crippen LogP contribution in [0.4, 0.5) is 5.82 Å². The van der Waals surface area contributed by atoms with Gasteiger partial charge >= 0.3 is 0 Å². The standard InChI is InChI=1S/C13H12N4/c1-17(13-9-15-6-7-16-13)10-12-4-2-11(8-14)3-5-12/h2-7,9H,10H2,1H3. The van der Waals surface area contributed by atoms with Crippen molar-refractivity contribution in [2.24, 2.45) is 0 Å². The van der Waals surface area contributed by atoms with Crippen molar-refractivity contribution in [3.8, 4) is 6.07 Å². The zero-order valence-corrected chi connectivity index (χ0v) is 9.54. The van der Waals surface area contributed by atoms with Gasteiger partial charge in [0.05, 0.1) is 17.8 Å². The highest BCUT2D eigenvalue weighted by Crippen LogP contribution is 2.11. The molecule has 84 valence electrons. The lowest BCUT2D eigenvalue weighted by atomic mass is 10.1. The summed E-state index contributed by atoms with van der Waals surface area (Å²) >= 11 is 0. The SMILES string of the molecule is CN(Cc1ccc(C#N)cc1)c1cnccn1. The van der Waals surface area contributed by atoms with Crippen LogP contribution >= 0.6 is 0 Å². The molecule has 17 heavy (non-hydrogen) atoms. The molecule has 0 amide bonds. The summed E-state index contributed by atoms with van der Waals surface area (Å²) in [5, 5.41) is 8.71. The van der Waals surface area contributed by atoms with Crippen molar-refractivity contribution in [2.45, 2.75) is 6.54 Å². The van der Waals surface area contributed by atoms with Crippen molar-refractivity contribution in [2.75, 3.05) is 11.9 Å². The van der Waals surface area contributed by atoms with Gasteiger partial charge in [0, 0.05) is 26.0 Å². The third kappa shape index (κ3) is 2.79. The Balaban J connectivity index is 2.08. The second-order valence-electron chi connectivity index (χ2n) is 3.73. The quantitative estimate of drug-likeness (QED) is 0.800. The number of hydrogen-bond acceptors (Lipinski definition) is 4. The Bertz CT molecular complexity index is 513. The lowest BCUT2D eigenvalue weighted by Gasteiger charge is -2.17. The molecule has 0 aliphatic carbocycles. The molecular formula is C13H12N4. The van der Waals surface area contributed by atoms with E-state index in [4.69, 9.17) is 5.26 Å². The third-order valence-electron chi connectivity index (χ3n) is 2.44. The Labute approximate surface area is 100 Å². The normalized spacial score (nSPS) is 9.65. The van der Waals surface area contributed by atoms with Gasteiger partial charge in [0.25, 0.3) is 0 Å². The first-order chi connectivity index (χ1) is 8.29. The van der Waals surface area contributed by atoms with Crippen LogP contribution in [0.1, 0.15) is 11.1 Å². The fourth-order valence-electron chi connectivity index (χ4n) is 1.53. The summed E-state index contributed by atoms with van der Waals surface area (Å²) in [6, 6.07) is 9.64. The van der Waals surface area contributed by atoms with Crippen LogP contribution in [-0.2, 0) is 6.54 Å². The van der Waals surface area contributed by atoms with Crippen molar-refractivity contribution in [1.82, 2.24) is 9.97 Å². The molecular weight excluding hydrogens is 212 g/mol. The van der Waals surface area contributed by atoms with Crippen LogP contribution < -0.4 is 4.90 Å². The van der Waals surface area contributed by atoms with Crippen LogP contribution in [0, 0.1) is 11.3 Å². The molecule has 4 nitrogen and oxygen atoms in total. The third-order valence-corrected chi connectivity index (χ3v) is 2.44. The number of hydrogen-bond donors (Lipinski definition) is 0. The first-order valence-corrected chi connectivity index (χ1v) is 5.26. The Morgan fingerprint density at radius 3 is 2.59 bits per heavy atom. The lowest BCUT2D eigenvalue weighted by molar-refractivity contribution is 0.890. The van der Waals surface area contributed by atoms with Gasteiger partial charge in [0.1, 0.15) is 5.82 Å². The maximum Gasteiger partial charge on any atom is 0.147 e. The summed E-state index contributed by atoms with van der Waals surface area (Å²) in [7, 11) is 1.96. The van der Waals surface area contributed by atoms with Crippen LogP contribution in [0.25, 0.3) is 0 Å². The van der Waals surface area contributed by atoms with Gasteiger partial charge in [-0.3, -0.25) is 4.98 Å². The molecule has 2 rings (SSSR count). The van der Waals surface area contributed by atoms with Gasteiger partial charge in [-0.2, -0.15) is 5.26 Å². The molecule has 4 heteroatoms. The molecule has 0 fully saturated rings. The van der Waals surface area contributed by atoms with Gasteiger partial charge in [-0.25, -0.2) is 4.98 Å². The van der Waals surface area contributed by atoms with E-state index in [-0.39, 0.29) is 0 Å². The van der Waals surface area contributed by atoms with Crippen molar-refractivity contribution in [3.63, 3.8) is 0 Å². The number of aromatic nitrogens is 2. The fourth-order valence-corrected chi connectivity index (χ4v) is 1.53. The van der Waals surface area contributed by atoms with E-state index in [0.29, 0.717) is 5.56 Å². The molecule has 0 unspecified atom stereocenters. The molecule has 0 saturated carbocycles. The van der Waals surface area contributed by atoms with Crippen molar-refractivity contribution in [1.29, 1.82) is 5.26 Å². The fraction of sp³-hybridized carbons (Fsp3) is 0.154. The van der Waals surface area contributed by atoms with Crippen LogP contribution in [0.5, 0.6) is 0 Å². The molecule has 2 aromatic rings. The Morgan fingerprint density at radius 1 is 1.24 bits per heavy atom. The van der Waals surface area contributed by atoms with Gasteiger partial charge < -0.3 is 4.90 Å². The monoisotopic (exact) mass is 224 g/mol. The summed E-state index contributed by atoms with van der Waals surface area (Å²) in [5.74, 6) is 0.830. The van der Waals surface area contributed by atoms with E-state index in [1.165, 1.54) is 0 Å². The lowest BCUT2D eigenvalue weighted by Crippen LogP contribution is -2.17. The summed E-state index contributed by atoms with van der Waals surface area (Å²) in [6.45, 7) is 0.740. The molecule has 0 atom stereocenters. The molecule has 0 radical (unpaired) electrons. The largest absolute Gasteiger partial charge is 0.354 e. The molecule has 0 bridgehead atoms. The summed E-state index contributed by atoms with van der Waals surface area (Å²) < 4.78 is 0. The average molecular weight is 224 g/mol. The van der Waals surface area contributed by atoms with E-state index >= 15 is 0 Å². The van der Waals surface area contributed by atoms with Gasteiger partial charge in [-0.05, 0) is 17.7 Å². The molecule has 0 aliphatic rings. The predicted octanol–water partition coefficient (Wildman–Crippen LogP) is 1.98. The van der Waals surface area contributed by atoms with Crippen molar-refractivity contribution >= 4 is 5.82 Å². The summed E-state index contributed by atoms with van der Waals surface area (Å²) in [4.78, 5) is 10.3. The molecule has 1 heterocycles. The Morgan fingerprint density at radius 2 is 2.00 bits per heavy atom. The van der Waals surface area contributed by atoms with Crippen LogP contribution in [0.3, 0.4) is 0 Å². The maximum absolute atomic E-state index is 8.71. The smallest absolute Gasteiger partial charge is 0.147 e. The van der Waals surface area contributed by atoms with E-state index in [1.807, 2.05) is 36.2 Å². The number of benzene rings is 1. The van der Waals surface area contributed by atoms with Crippen LogP contribution in [0.2, 0.25) is 0 Å². The molecule has 0 N–H and O–H groups in total. The van der Waals surface area contributed by atoms with E-state index in [1.54, 1.807) is 18.6 Å². The van der Waals surface area contributed by atoms with Crippen molar-refractivity contribution in [3.05, 3.63) is 54.0 Å². The first-order valence-electron chi connectivity index (χ1n) is 5.26. The van der Waals surface area contributed by atoms with Crippen LogP contribution in [-0.4, -0.2) is 17.0 Å². The van der Waals surface area contributed by atoms with Gasteiger partial charge in [-0.15, -0.1) is 0 Å². The topological polar surface area (TPSA) is 52.8 Å². The highest BCUT2D eigenvalue weighted by molar-refractivity contribution is 5.37. The zero-order valence-electron chi connectivity index (χ0n) is 9.54. The number of nitrogens with zero attached hydrogens (tertiary/aromatic N) is 4. The molecule has 1 aromatic carbocycles. The highest BCUT2D eigenvalue weighted by Gasteiger charge is 2.02. The number of nitriles is 1. The molecule has 1 aromatic heterocycles. The number of rotatable bonds is 3. The molecule has 0 aliphatic heterocycles. The van der Waals surface area contributed by atoms with Gasteiger partial charge in [0.2, 0.25) is 0 Å². The predicted molar refractivity (Wildman–Crippen MR) is 65.3 cm³/mol. The number of anilines is 1. The van der Waals surface area contributed by atoms with E-state index < -0.39 is 0 Å².